The summed E-state index contributed by atoms with van der Waals surface area (Å²) in [5, 5.41) is 12.4. The summed E-state index contributed by atoms with van der Waals surface area (Å²) >= 11 is 0. The van der Waals surface area contributed by atoms with E-state index in [1.54, 1.807) is 0 Å². The highest BCUT2D eigenvalue weighted by molar-refractivity contribution is 5.89. The van der Waals surface area contributed by atoms with E-state index in [-0.39, 0.29) is 19.0 Å². The van der Waals surface area contributed by atoms with Gasteiger partial charge >= 0.3 is 6.18 Å². The zero-order valence-electron chi connectivity index (χ0n) is 11.5. The standard InChI is InChI=1S/C13H19F3N2O3/c14-13(15,16)7-18-6-8(5-11(18)20)12(21)17-9-3-1-2-4-10(9)19/h8-10,19H,1-7H2,(H,17,21). The molecule has 0 radical (unpaired) electrons. The second kappa shape index (κ2) is 6.21. The number of hydrogen-bond acceptors (Lipinski definition) is 3. The van der Waals surface area contributed by atoms with Crippen LogP contribution < -0.4 is 5.32 Å². The fourth-order valence-electron chi connectivity index (χ4n) is 2.90. The van der Waals surface area contributed by atoms with Crippen molar-refractivity contribution in [1.29, 1.82) is 0 Å². The van der Waals surface area contributed by atoms with Gasteiger partial charge in [0.15, 0.2) is 0 Å². The third-order valence-electron chi connectivity index (χ3n) is 4.01. The van der Waals surface area contributed by atoms with Crippen LogP contribution in [-0.2, 0) is 9.59 Å². The SMILES string of the molecule is O=C(NC1CCCCC1O)C1CC(=O)N(CC(F)(F)F)C1. The third kappa shape index (κ3) is 4.33. The van der Waals surface area contributed by atoms with E-state index >= 15 is 0 Å². The van der Waals surface area contributed by atoms with E-state index in [0.717, 1.165) is 12.8 Å². The van der Waals surface area contributed by atoms with E-state index in [2.05, 4.69) is 5.32 Å². The van der Waals surface area contributed by atoms with Crippen molar-refractivity contribution in [3.63, 3.8) is 0 Å². The van der Waals surface area contributed by atoms with Gasteiger partial charge in [0.2, 0.25) is 11.8 Å². The molecule has 1 saturated carbocycles. The lowest BCUT2D eigenvalue weighted by Crippen LogP contribution is -2.47. The van der Waals surface area contributed by atoms with Gasteiger partial charge in [0.1, 0.15) is 6.54 Å². The number of alkyl halides is 3. The molecule has 0 aromatic rings. The summed E-state index contributed by atoms with van der Waals surface area (Å²) in [6, 6.07) is -0.363. The van der Waals surface area contributed by atoms with Crippen molar-refractivity contribution in [3.05, 3.63) is 0 Å². The average Bonchev–Trinajstić information content (AvgIpc) is 2.72. The quantitative estimate of drug-likeness (QED) is 0.811. The Hall–Kier alpha value is -1.31. The summed E-state index contributed by atoms with van der Waals surface area (Å²) in [4.78, 5) is 24.2. The van der Waals surface area contributed by atoms with Crippen molar-refractivity contribution in [2.24, 2.45) is 5.92 Å². The number of hydrogen-bond donors (Lipinski definition) is 2. The van der Waals surface area contributed by atoms with Crippen molar-refractivity contribution in [3.8, 4) is 0 Å². The molecule has 21 heavy (non-hydrogen) atoms. The van der Waals surface area contributed by atoms with Gasteiger partial charge in [-0.3, -0.25) is 9.59 Å². The molecule has 3 unspecified atom stereocenters. The van der Waals surface area contributed by atoms with Gasteiger partial charge in [0, 0.05) is 13.0 Å². The van der Waals surface area contributed by atoms with Crippen LogP contribution in [0.4, 0.5) is 13.2 Å². The number of aliphatic hydroxyl groups excluding tert-OH is 1. The van der Waals surface area contributed by atoms with E-state index < -0.39 is 36.6 Å². The highest BCUT2D eigenvalue weighted by Gasteiger charge is 2.41. The van der Waals surface area contributed by atoms with Gasteiger partial charge in [-0.2, -0.15) is 13.2 Å². The first-order chi connectivity index (χ1) is 9.76. The first-order valence-electron chi connectivity index (χ1n) is 7.09. The lowest BCUT2D eigenvalue weighted by atomic mass is 9.92. The Labute approximate surface area is 120 Å². The molecule has 0 aromatic heterocycles. The molecular formula is C13H19F3N2O3. The smallest absolute Gasteiger partial charge is 0.391 e. The normalized spacial score (nSPS) is 30.6. The highest BCUT2D eigenvalue weighted by Crippen LogP contribution is 2.25. The lowest BCUT2D eigenvalue weighted by Gasteiger charge is -2.29. The van der Waals surface area contributed by atoms with Gasteiger partial charge in [-0.1, -0.05) is 12.8 Å². The van der Waals surface area contributed by atoms with Crippen molar-refractivity contribution in [2.45, 2.75) is 50.4 Å². The molecule has 2 aliphatic rings. The minimum Gasteiger partial charge on any atom is -0.391 e. The topological polar surface area (TPSA) is 69.6 Å². The molecule has 2 fully saturated rings. The minimum absolute atomic E-state index is 0.204. The van der Waals surface area contributed by atoms with Crippen molar-refractivity contribution in [2.75, 3.05) is 13.1 Å². The van der Waals surface area contributed by atoms with E-state index in [9.17, 15) is 27.9 Å². The molecule has 1 heterocycles. The molecule has 5 nitrogen and oxygen atoms in total. The summed E-state index contributed by atoms with van der Waals surface area (Å²) in [6.07, 6.45) is -2.23. The fourth-order valence-corrected chi connectivity index (χ4v) is 2.90. The van der Waals surface area contributed by atoms with Crippen LogP contribution in [0, 0.1) is 5.92 Å². The molecule has 1 saturated heterocycles. The Morgan fingerprint density at radius 2 is 2.00 bits per heavy atom. The van der Waals surface area contributed by atoms with Gasteiger partial charge in [0.05, 0.1) is 18.1 Å². The van der Waals surface area contributed by atoms with Crippen LogP contribution in [0.3, 0.4) is 0 Å². The number of carbonyl (C=O) groups is 2. The predicted octanol–water partition coefficient (Wildman–Crippen LogP) is 0.817. The molecule has 120 valence electrons. The van der Waals surface area contributed by atoms with Crippen molar-refractivity contribution < 1.29 is 27.9 Å². The molecule has 8 heteroatoms. The van der Waals surface area contributed by atoms with E-state index in [4.69, 9.17) is 0 Å². The van der Waals surface area contributed by atoms with Gasteiger partial charge < -0.3 is 15.3 Å². The molecule has 3 atom stereocenters. The first-order valence-corrected chi connectivity index (χ1v) is 7.09. The average molecular weight is 308 g/mol. The monoisotopic (exact) mass is 308 g/mol. The Balaban J connectivity index is 1.88. The van der Waals surface area contributed by atoms with Gasteiger partial charge in [-0.05, 0) is 12.8 Å². The fraction of sp³-hybridized carbons (Fsp3) is 0.846. The van der Waals surface area contributed by atoms with Crippen LogP contribution in [-0.4, -0.2) is 53.2 Å². The second-order valence-corrected chi connectivity index (χ2v) is 5.76. The molecule has 1 aliphatic carbocycles. The number of aliphatic hydroxyl groups is 1. The highest BCUT2D eigenvalue weighted by atomic mass is 19.4. The summed E-state index contributed by atoms with van der Waals surface area (Å²) in [5.74, 6) is -1.87. The lowest BCUT2D eigenvalue weighted by molar-refractivity contribution is -0.157. The van der Waals surface area contributed by atoms with E-state index in [1.807, 2.05) is 0 Å². The van der Waals surface area contributed by atoms with Crippen molar-refractivity contribution >= 4 is 11.8 Å². The zero-order chi connectivity index (χ0) is 15.6. The molecule has 2 amide bonds. The Morgan fingerprint density at radius 1 is 1.33 bits per heavy atom. The molecule has 2 rings (SSSR count). The largest absolute Gasteiger partial charge is 0.406 e. The van der Waals surface area contributed by atoms with E-state index in [1.165, 1.54) is 0 Å². The number of carbonyl (C=O) groups excluding carboxylic acids is 2. The van der Waals surface area contributed by atoms with Gasteiger partial charge in [-0.15, -0.1) is 0 Å². The molecule has 2 N–H and O–H groups in total. The number of amides is 2. The molecular weight excluding hydrogens is 289 g/mol. The van der Waals surface area contributed by atoms with Gasteiger partial charge in [0.25, 0.3) is 0 Å². The Kier molecular flexibility index (Phi) is 4.75. The zero-order valence-corrected chi connectivity index (χ0v) is 11.5. The van der Waals surface area contributed by atoms with Crippen LogP contribution in [0.2, 0.25) is 0 Å². The van der Waals surface area contributed by atoms with Crippen LogP contribution in [0.25, 0.3) is 0 Å². The predicted molar refractivity (Wildman–Crippen MR) is 67.1 cm³/mol. The number of nitrogens with one attached hydrogen (secondary N) is 1. The summed E-state index contributed by atoms with van der Waals surface area (Å²) in [5.41, 5.74) is 0. The maximum Gasteiger partial charge on any atom is 0.406 e. The summed E-state index contributed by atoms with van der Waals surface area (Å²) < 4.78 is 36.9. The first kappa shape index (κ1) is 16.1. The minimum atomic E-state index is -4.46. The third-order valence-corrected chi connectivity index (χ3v) is 4.01. The summed E-state index contributed by atoms with van der Waals surface area (Å²) in [6.45, 7) is -1.53. The molecule has 1 aliphatic heterocycles. The molecule has 0 aromatic carbocycles. The number of rotatable bonds is 3. The van der Waals surface area contributed by atoms with Crippen LogP contribution in [0.1, 0.15) is 32.1 Å². The number of nitrogens with zero attached hydrogens (tertiary/aromatic N) is 1. The molecule has 0 bridgehead atoms. The van der Waals surface area contributed by atoms with Crippen LogP contribution in [0.15, 0.2) is 0 Å². The van der Waals surface area contributed by atoms with Crippen molar-refractivity contribution in [1.82, 2.24) is 10.2 Å². The Morgan fingerprint density at radius 3 is 2.62 bits per heavy atom. The number of likely N-dealkylation sites (tertiary alicyclic amines) is 1. The van der Waals surface area contributed by atoms with Crippen LogP contribution in [0.5, 0.6) is 0 Å². The Bertz CT molecular complexity index is 414. The van der Waals surface area contributed by atoms with E-state index in [0.29, 0.717) is 17.7 Å². The van der Waals surface area contributed by atoms with Crippen LogP contribution >= 0.6 is 0 Å². The maximum absolute atomic E-state index is 12.3. The number of halogens is 3. The summed E-state index contributed by atoms with van der Waals surface area (Å²) in [7, 11) is 0. The second-order valence-electron chi connectivity index (χ2n) is 5.76. The molecule has 0 spiro atoms. The van der Waals surface area contributed by atoms with Gasteiger partial charge in [-0.25, -0.2) is 0 Å². The maximum atomic E-state index is 12.3.